The van der Waals surface area contributed by atoms with Gasteiger partial charge in [-0.25, -0.2) is 4.98 Å². The molecule has 0 aliphatic heterocycles. The Morgan fingerprint density at radius 3 is 2.14 bits per heavy atom. The zero-order valence-corrected chi connectivity index (χ0v) is 25.0. The molecule has 0 saturated heterocycles. The first-order valence-corrected chi connectivity index (χ1v) is 16.7. The second kappa shape index (κ2) is 13.3. The number of anilines is 3. The molecule has 0 saturated carbocycles. The number of benzene rings is 4. The van der Waals surface area contributed by atoms with Gasteiger partial charge < -0.3 is 11.1 Å². The number of nitrogens with one attached hydrogen (secondary N) is 2. The molecule has 0 atom stereocenters. The molecule has 214 valence electrons. The van der Waals surface area contributed by atoms with Crippen LogP contribution in [0.25, 0.3) is 21.8 Å². The first-order chi connectivity index (χ1) is 20.0. The van der Waals surface area contributed by atoms with Gasteiger partial charge in [-0.2, -0.15) is 0 Å². The second-order valence-electron chi connectivity index (χ2n) is 8.95. The molecule has 42 heavy (non-hydrogen) atoms. The maximum atomic E-state index is 12.4. The standard InChI is InChI=1S/C22H17N3OS.C8H10AsNO5/c23-18-12-11-17(13-19(18)24-21(26)16-9-5-2-6-10-16)22-25-20(14-27-22)15-7-3-1-4-8-15;1-5(11)10-6-2-3-7(8(12)4-6)9(13,14)15/h1-14H,23H2,(H,24,26);2-4,12H,1H3,(H,10,11)(H2,13,14,15). The van der Waals surface area contributed by atoms with E-state index in [1.165, 1.54) is 13.0 Å². The third-order valence-corrected chi connectivity index (χ3v) is 8.77. The van der Waals surface area contributed by atoms with Crippen molar-refractivity contribution >= 4 is 58.7 Å². The summed E-state index contributed by atoms with van der Waals surface area (Å²) in [4.78, 5) is 27.8. The summed E-state index contributed by atoms with van der Waals surface area (Å²) in [5.41, 5.74) is 11.0. The molecular weight excluding hydrogens is 619 g/mol. The fourth-order valence-electron chi connectivity index (χ4n) is 3.78. The smallest absolute Gasteiger partial charge is 0.255 e. The molecule has 5 aromatic rings. The number of carbonyl (C=O) groups excluding carboxylic acids is 2. The van der Waals surface area contributed by atoms with Crippen molar-refractivity contribution in [2.24, 2.45) is 0 Å². The van der Waals surface area contributed by atoms with Gasteiger partial charge in [-0.1, -0.05) is 48.5 Å². The van der Waals surface area contributed by atoms with E-state index >= 15 is 0 Å². The first kappa shape index (κ1) is 30.3. The fourth-order valence-corrected chi connectivity index (χ4v) is 5.93. The topological polar surface area (TPSA) is 175 Å². The summed E-state index contributed by atoms with van der Waals surface area (Å²) >= 11 is -3.52. The summed E-state index contributed by atoms with van der Waals surface area (Å²) in [5.74, 6) is -1.04. The van der Waals surface area contributed by atoms with Gasteiger partial charge in [-0.3, -0.25) is 4.79 Å². The van der Waals surface area contributed by atoms with Crippen molar-refractivity contribution in [3.8, 4) is 27.6 Å². The van der Waals surface area contributed by atoms with E-state index in [1.807, 2.05) is 66.0 Å². The molecule has 0 bridgehead atoms. The van der Waals surface area contributed by atoms with Crippen LogP contribution in [0.15, 0.2) is 102 Å². The van der Waals surface area contributed by atoms with Gasteiger partial charge in [-0.15, -0.1) is 11.3 Å². The molecule has 2 amide bonds. The predicted octanol–water partition coefficient (Wildman–Crippen LogP) is 4.22. The number of hydrogen-bond acceptors (Lipinski definition) is 7. The molecule has 0 fully saturated rings. The molecule has 0 unspecified atom stereocenters. The number of nitrogens with two attached hydrogens (primary N) is 1. The molecule has 4 aromatic carbocycles. The van der Waals surface area contributed by atoms with Crippen molar-refractivity contribution in [2.75, 3.05) is 16.4 Å². The predicted molar refractivity (Wildman–Crippen MR) is 165 cm³/mol. The maximum absolute atomic E-state index is 12.4. The number of thiazole rings is 1. The van der Waals surface area contributed by atoms with Crippen molar-refractivity contribution in [2.45, 2.75) is 6.92 Å². The van der Waals surface area contributed by atoms with E-state index in [9.17, 15) is 18.4 Å². The summed E-state index contributed by atoms with van der Waals surface area (Å²) in [5, 5.41) is 17.5. The van der Waals surface area contributed by atoms with Gasteiger partial charge in [0.2, 0.25) is 0 Å². The van der Waals surface area contributed by atoms with Crippen LogP contribution in [0.5, 0.6) is 5.75 Å². The molecule has 7 N–H and O–H groups in total. The van der Waals surface area contributed by atoms with Crippen LogP contribution in [0.3, 0.4) is 0 Å². The number of aromatic nitrogens is 1. The molecule has 10 nitrogen and oxygen atoms in total. The molecule has 0 radical (unpaired) electrons. The molecule has 5 rings (SSSR count). The van der Waals surface area contributed by atoms with Crippen LogP contribution in [0.1, 0.15) is 17.3 Å². The van der Waals surface area contributed by atoms with E-state index in [0.29, 0.717) is 16.9 Å². The van der Waals surface area contributed by atoms with E-state index in [1.54, 1.807) is 29.5 Å². The maximum Gasteiger partial charge on any atom is 0.255 e. The van der Waals surface area contributed by atoms with Gasteiger partial charge in [0.05, 0.1) is 17.1 Å². The van der Waals surface area contributed by atoms with E-state index in [4.69, 9.17) is 18.9 Å². The number of nitrogens with zero attached hydrogens (tertiary/aromatic N) is 1. The quantitative estimate of drug-likeness (QED) is 0.117. The molecular formula is C30H27AsN4O6S. The minimum absolute atomic E-state index is 0.191. The van der Waals surface area contributed by atoms with Crippen LogP contribution in [0.2, 0.25) is 0 Å². The van der Waals surface area contributed by atoms with Crippen LogP contribution < -0.4 is 20.7 Å². The van der Waals surface area contributed by atoms with Gasteiger partial charge >= 0.3 is 88.1 Å². The molecule has 0 spiro atoms. The minimum atomic E-state index is -5.09. The third-order valence-electron chi connectivity index (χ3n) is 5.77. The third kappa shape index (κ3) is 7.96. The van der Waals surface area contributed by atoms with Crippen LogP contribution in [0, 0.1) is 0 Å². The summed E-state index contributed by atoms with van der Waals surface area (Å²) in [6.07, 6.45) is 0. The number of amides is 2. The van der Waals surface area contributed by atoms with E-state index in [-0.39, 0.29) is 17.5 Å². The van der Waals surface area contributed by atoms with Crippen LogP contribution in [0.4, 0.5) is 17.1 Å². The number of phenolic OH excluding ortho intramolecular Hbond substituents is 1. The Kier molecular flexibility index (Phi) is 9.61. The second-order valence-corrected chi connectivity index (χ2v) is 13.1. The minimum Gasteiger partial charge on any atom is -0.397 e. The van der Waals surface area contributed by atoms with Crippen LogP contribution >= 0.6 is 11.3 Å². The Hall–Kier alpha value is -4.67. The average Bonchev–Trinajstić information content (AvgIpc) is 3.45. The van der Waals surface area contributed by atoms with Gasteiger partial charge in [0.1, 0.15) is 5.01 Å². The summed E-state index contributed by atoms with van der Waals surface area (Å²) in [7, 11) is 0. The molecule has 12 heteroatoms. The van der Waals surface area contributed by atoms with Gasteiger partial charge in [0.25, 0.3) is 5.91 Å². The zero-order valence-electron chi connectivity index (χ0n) is 22.3. The first-order valence-electron chi connectivity index (χ1n) is 12.4. The molecule has 1 heterocycles. The van der Waals surface area contributed by atoms with Crippen molar-refractivity contribution in [1.29, 1.82) is 0 Å². The number of nitrogen functional groups attached to an aromatic ring is 1. The number of phenols is 1. The average molecular weight is 647 g/mol. The number of aromatic hydroxyl groups is 1. The van der Waals surface area contributed by atoms with E-state index in [0.717, 1.165) is 34.0 Å². The van der Waals surface area contributed by atoms with Gasteiger partial charge in [0.15, 0.2) is 0 Å². The fraction of sp³-hybridized carbons (Fsp3) is 0.0333. The van der Waals surface area contributed by atoms with Crippen molar-refractivity contribution in [3.63, 3.8) is 0 Å². The molecule has 0 aliphatic carbocycles. The van der Waals surface area contributed by atoms with Crippen LogP contribution in [-0.4, -0.2) is 44.3 Å². The van der Waals surface area contributed by atoms with Gasteiger partial charge in [0, 0.05) is 22.1 Å². The monoisotopic (exact) mass is 646 g/mol. The Balaban J connectivity index is 0.000000230. The Labute approximate surface area is 248 Å². The molecule has 0 aliphatic rings. The van der Waals surface area contributed by atoms with Crippen molar-refractivity contribution in [3.05, 3.63) is 108 Å². The number of rotatable bonds is 6. The Morgan fingerprint density at radius 1 is 0.857 bits per heavy atom. The van der Waals surface area contributed by atoms with Gasteiger partial charge in [-0.05, 0) is 30.3 Å². The van der Waals surface area contributed by atoms with Crippen molar-refractivity contribution < 1.29 is 26.6 Å². The van der Waals surface area contributed by atoms with Crippen LogP contribution in [-0.2, 0) is 8.53 Å². The summed E-state index contributed by atoms with van der Waals surface area (Å²) < 4.78 is 28.2. The molecule has 1 aromatic heterocycles. The Bertz CT molecular complexity index is 1760. The SMILES string of the molecule is CC(=O)Nc1ccc([As](=O)(O)O)c(O)c1.Nc1ccc(-c2nc(-c3ccccc3)cs2)cc1NC(=O)c1ccccc1. The number of hydrogen-bond donors (Lipinski definition) is 6. The normalized spacial score (nSPS) is 10.7. The van der Waals surface area contributed by atoms with E-state index in [2.05, 4.69) is 10.6 Å². The zero-order chi connectivity index (χ0) is 30.3. The number of carbonyl (C=O) groups is 2. The Morgan fingerprint density at radius 2 is 1.52 bits per heavy atom. The van der Waals surface area contributed by atoms with Crippen molar-refractivity contribution in [1.82, 2.24) is 4.98 Å². The van der Waals surface area contributed by atoms with E-state index < -0.39 is 24.3 Å². The summed E-state index contributed by atoms with van der Waals surface area (Å²) in [6, 6.07) is 28.2. The summed E-state index contributed by atoms with van der Waals surface area (Å²) in [6.45, 7) is 1.29. The largest absolute Gasteiger partial charge is 0.397 e.